The number of furan rings is 1. The number of carbonyl (C=O) groups excluding carboxylic acids is 1. The van der Waals surface area contributed by atoms with E-state index in [4.69, 9.17) is 9.52 Å². The Balaban J connectivity index is 1.81. The van der Waals surface area contributed by atoms with Gasteiger partial charge in [0.05, 0.1) is 6.54 Å². The summed E-state index contributed by atoms with van der Waals surface area (Å²) in [5, 5.41) is 14.7. The van der Waals surface area contributed by atoms with Crippen molar-refractivity contribution < 1.29 is 19.1 Å². The molecule has 1 aliphatic heterocycles. The highest BCUT2D eigenvalue weighted by molar-refractivity contribution is 5.84. The minimum absolute atomic E-state index is 0.0567. The lowest BCUT2D eigenvalue weighted by Crippen LogP contribution is -2.45. The molecule has 92 valence electrons. The van der Waals surface area contributed by atoms with Gasteiger partial charge in [-0.2, -0.15) is 0 Å². The van der Waals surface area contributed by atoms with E-state index < -0.39 is 5.97 Å². The van der Waals surface area contributed by atoms with E-state index >= 15 is 0 Å². The second kappa shape index (κ2) is 5.01. The molecule has 1 aromatic rings. The lowest BCUT2D eigenvalue weighted by Gasteiger charge is -2.22. The Bertz CT molecular complexity index is 417. The SMILES string of the molecule is O=C1CCC(NCc2ccc(C(=O)O)o2)CN1. The first-order chi connectivity index (χ1) is 8.15. The Kier molecular flexibility index (Phi) is 3.43. The summed E-state index contributed by atoms with van der Waals surface area (Å²) in [6.07, 6.45) is 1.31. The normalized spacial score (nSPS) is 20.0. The highest BCUT2D eigenvalue weighted by atomic mass is 16.4. The van der Waals surface area contributed by atoms with E-state index in [1.807, 2.05) is 0 Å². The summed E-state index contributed by atoms with van der Waals surface area (Å²) in [5.41, 5.74) is 0. The Labute approximate surface area is 98.0 Å². The van der Waals surface area contributed by atoms with E-state index in [0.29, 0.717) is 25.3 Å². The summed E-state index contributed by atoms with van der Waals surface area (Å²) in [4.78, 5) is 21.5. The van der Waals surface area contributed by atoms with E-state index in [-0.39, 0.29) is 17.7 Å². The van der Waals surface area contributed by atoms with Crippen molar-refractivity contribution in [3.05, 3.63) is 23.7 Å². The molecule has 17 heavy (non-hydrogen) atoms. The summed E-state index contributed by atoms with van der Waals surface area (Å²) in [6.45, 7) is 1.07. The van der Waals surface area contributed by atoms with Gasteiger partial charge in [0, 0.05) is 19.0 Å². The van der Waals surface area contributed by atoms with Crippen molar-refractivity contribution in [3.8, 4) is 0 Å². The summed E-state index contributed by atoms with van der Waals surface area (Å²) in [6, 6.07) is 3.28. The first-order valence-corrected chi connectivity index (χ1v) is 5.47. The number of carboxylic acids is 1. The van der Waals surface area contributed by atoms with E-state index in [1.165, 1.54) is 6.07 Å². The maximum Gasteiger partial charge on any atom is 0.371 e. The van der Waals surface area contributed by atoms with Crippen LogP contribution in [0.4, 0.5) is 0 Å². The number of aromatic carboxylic acids is 1. The first-order valence-electron chi connectivity index (χ1n) is 5.47. The summed E-state index contributed by atoms with van der Waals surface area (Å²) < 4.78 is 5.11. The number of amides is 1. The Morgan fingerprint density at radius 3 is 3.00 bits per heavy atom. The van der Waals surface area contributed by atoms with Crippen molar-refractivity contribution in [2.75, 3.05) is 6.54 Å². The van der Waals surface area contributed by atoms with Crippen LogP contribution in [0.25, 0.3) is 0 Å². The quantitative estimate of drug-likeness (QED) is 0.703. The second-order valence-corrected chi connectivity index (χ2v) is 3.99. The molecule has 0 spiro atoms. The highest BCUT2D eigenvalue weighted by Gasteiger charge is 2.17. The zero-order valence-electron chi connectivity index (χ0n) is 9.23. The van der Waals surface area contributed by atoms with Gasteiger partial charge in [-0.3, -0.25) is 4.79 Å². The lowest BCUT2D eigenvalue weighted by atomic mass is 10.1. The fourth-order valence-electron chi connectivity index (χ4n) is 1.74. The van der Waals surface area contributed by atoms with Crippen molar-refractivity contribution in [2.24, 2.45) is 0 Å². The van der Waals surface area contributed by atoms with Crippen molar-refractivity contribution in [3.63, 3.8) is 0 Å². The van der Waals surface area contributed by atoms with Gasteiger partial charge < -0.3 is 20.2 Å². The van der Waals surface area contributed by atoms with Crippen molar-refractivity contribution >= 4 is 11.9 Å². The smallest absolute Gasteiger partial charge is 0.371 e. The van der Waals surface area contributed by atoms with Crippen LogP contribution in [-0.2, 0) is 11.3 Å². The van der Waals surface area contributed by atoms with Gasteiger partial charge in [0.15, 0.2) is 0 Å². The van der Waals surface area contributed by atoms with Crippen LogP contribution in [0.5, 0.6) is 0 Å². The fraction of sp³-hybridized carbons (Fsp3) is 0.455. The number of hydrogen-bond acceptors (Lipinski definition) is 4. The number of piperidine rings is 1. The third-order valence-corrected chi connectivity index (χ3v) is 2.70. The van der Waals surface area contributed by atoms with Crippen LogP contribution in [-0.4, -0.2) is 29.6 Å². The average molecular weight is 238 g/mol. The molecule has 1 fully saturated rings. The maximum absolute atomic E-state index is 10.9. The number of rotatable bonds is 4. The molecule has 1 aromatic heterocycles. The van der Waals surface area contributed by atoms with Gasteiger partial charge in [0.2, 0.25) is 11.7 Å². The molecule has 0 aromatic carbocycles. The maximum atomic E-state index is 10.9. The minimum atomic E-state index is -1.07. The molecule has 2 rings (SSSR count). The molecule has 3 N–H and O–H groups in total. The topological polar surface area (TPSA) is 91.6 Å². The van der Waals surface area contributed by atoms with E-state index in [2.05, 4.69) is 10.6 Å². The lowest BCUT2D eigenvalue weighted by molar-refractivity contribution is -0.122. The van der Waals surface area contributed by atoms with Crippen LogP contribution < -0.4 is 10.6 Å². The Hall–Kier alpha value is -1.82. The Morgan fingerprint density at radius 2 is 2.41 bits per heavy atom. The fourth-order valence-corrected chi connectivity index (χ4v) is 1.74. The van der Waals surface area contributed by atoms with Crippen molar-refractivity contribution in [2.45, 2.75) is 25.4 Å². The zero-order chi connectivity index (χ0) is 12.3. The van der Waals surface area contributed by atoms with E-state index in [9.17, 15) is 9.59 Å². The van der Waals surface area contributed by atoms with Crippen molar-refractivity contribution in [1.29, 1.82) is 0 Å². The molecule has 1 unspecified atom stereocenters. The number of hydrogen-bond donors (Lipinski definition) is 3. The highest BCUT2D eigenvalue weighted by Crippen LogP contribution is 2.09. The predicted octanol–water partition coefficient (Wildman–Crippen LogP) is 0.346. The molecule has 0 bridgehead atoms. The number of carboxylic acid groups (broad SMARTS) is 1. The van der Waals surface area contributed by atoms with E-state index in [1.54, 1.807) is 6.07 Å². The number of carbonyl (C=O) groups is 2. The standard InChI is InChI=1S/C11H14N2O4/c14-10-4-1-7(5-13-10)12-6-8-2-3-9(17-8)11(15)16/h2-3,7,12H,1,4-6H2,(H,13,14)(H,15,16). The molecule has 0 aliphatic carbocycles. The first kappa shape index (κ1) is 11.7. The molecular weight excluding hydrogens is 224 g/mol. The van der Waals surface area contributed by atoms with Crippen LogP contribution in [0.15, 0.2) is 16.5 Å². The Morgan fingerprint density at radius 1 is 1.59 bits per heavy atom. The molecule has 1 atom stereocenters. The van der Waals surface area contributed by atoms with Crippen LogP contribution in [0.1, 0.15) is 29.2 Å². The monoisotopic (exact) mass is 238 g/mol. The van der Waals surface area contributed by atoms with Crippen molar-refractivity contribution in [1.82, 2.24) is 10.6 Å². The average Bonchev–Trinajstić information content (AvgIpc) is 2.77. The van der Waals surface area contributed by atoms with Gasteiger partial charge in [0.25, 0.3) is 0 Å². The van der Waals surface area contributed by atoms with Gasteiger partial charge in [-0.15, -0.1) is 0 Å². The van der Waals surface area contributed by atoms with Gasteiger partial charge in [-0.25, -0.2) is 4.79 Å². The molecule has 2 heterocycles. The summed E-state index contributed by atoms with van der Waals surface area (Å²) in [5.74, 6) is -0.464. The minimum Gasteiger partial charge on any atom is -0.475 e. The third kappa shape index (κ3) is 3.07. The van der Waals surface area contributed by atoms with Crippen LogP contribution >= 0.6 is 0 Å². The molecule has 1 aliphatic rings. The predicted molar refractivity (Wildman–Crippen MR) is 58.5 cm³/mol. The molecule has 1 amide bonds. The second-order valence-electron chi connectivity index (χ2n) is 3.99. The summed E-state index contributed by atoms with van der Waals surface area (Å²) >= 11 is 0. The van der Waals surface area contributed by atoms with Gasteiger partial charge >= 0.3 is 5.97 Å². The van der Waals surface area contributed by atoms with Crippen LogP contribution in [0.3, 0.4) is 0 Å². The molecular formula is C11H14N2O4. The molecule has 0 radical (unpaired) electrons. The molecule has 0 saturated carbocycles. The summed E-state index contributed by atoms with van der Waals surface area (Å²) in [7, 11) is 0. The number of nitrogens with one attached hydrogen (secondary N) is 2. The van der Waals surface area contributed by atoms with Gasteiger partial charge in [-0.05, 0) is 18.6 Å². The molecule has 6 nitrogen and oxygen atoms in total. The third-order valence-electron chi connectivity index (χ3n) is 2.70. The molecule has 6 heteroatoms. The van der Waals surface area contributed by atoms with Gasteiger partial charge in [0.1, 0.15) is 5.76 Å². The largest absolute Gasteiger partial charge is 0.475 e. The van der Waals surface area contributed by atoms with E-state index in [0.717, 1.165) is 6.42 Å². The van der Waals surface area contributed by atoms with Crippen LogP contribution in [0.2, 0.25) is 0 Å². The zero-order valence-corrected chi connectivity index (χ0v) is 9.23. The van der Waals surface area contributed by atoms with Crippen LogP contribution in [0, 0.1) is 0 Å². The molecule has 1 saturated heterocycles. The van der Waals surface area contributed by atoms with Gasteiger partial charge in [-0.1, -0.05) is 0 Å².